The number of carbonyl (C=O) groups is 2. The van der Waals surface area contributed by atoms with Crippen LogP contribution < -0.4 is 16.2 Å². The molecular formula is C19H18ClN5O3S2. The molecule has 8 nitrogen and oxygen atoms in total. The molecule has 0 radical (unpaired) electrons. The summed E-state index contributed by atoms with van der Waals surface area (Å²) in [5, 5.41) is 8.35. The molecule has 2 aromatic heterocycles. The minimum atomic E-state index is -0.347. The van der Waals surface area contributed by atoms with Gasteiger partial charge in [0, 0.05) is 29.3 Å². The van der Waals surface area contributed by atoms with Crippen LogP contribution in [0.3, 0.4) is 0 Å². The highest BCUT2D eigenvalue weighted by Crippen LogP contribution is 2.21. The molecule has 156 valence electrons. The molecule has 0 aliphatic rings. The molecule has 0 aliphatic heterocycles. The van der Waals surface area contributed by atoms with Gasteiger partial charge in [0.2, 0.25) is 11.8 Å². The van der Waals surface area contributed by atoms with Crippen molar-refractivity contribution in [2.24, 2.45) is 0 Å². The fourth-order valence-electron chi connectivity index (χ4n) is 2.45. The number of anilines is 1. The van der Waals surface area contributed by atoms with Gasteiger partial charge in [-0.05, 0) is 17.7 Å². The van der Waals surface area contributed by atoms with Gasteiger partial charge in [-0.3, -0.25) is 14.4 Å². The van der Waals surface area contributed by atoms with Gasteiger partial charge in [0.25, 0.3) is 5.56 Å². The number of halogens is 1. The van der Waals surface area contributed by atoms with Crippen LogP contribution in [0.15, 0.2) is 45.7 Å². The van der Waals surface area contributed by atoms with Crippen LogP contribution in [-0.2, 0) is 28.2 Å². The number of benzene rings is 1. The Balaban J connectivity index is 1.60. The average Bonchev–Trinajstić information content (AvgIpc) is 3.12. The summed E-state index contributed by atoms with van der Waals surface area (Å²) in [6, 6.07) is 8.71. The zero-order valence-corrected chi connectivity index (χ0v) is 18.3. The lowest BCUT2D eigenvalue weighted by molar-refractivity contribution is -0.120. The van der Waals surface area contributed by atoms with E-state index in [1.54, 1.807) is 18.5 Å². The van der Waals surface area contributed by atoms with E-state index in [9.17, 15) is 14.4 Å². The molecule has 0 saturated heterocycles. The second kappa shape index (κ2) is 10.4. The second-order valence-corrected chi connectivity index (χ2v) is 8.44. The number of H-pyrrole nitrogens is 1. The van der Waals surface area contributed by atoms with E-state index >= 15 is 0 Å². The Morgan fingerprint density at radius 2 is 1.97 bits per heavy atom. The van der Waals surface area contributed by atoms with E-state index in [4.69, 9.17) is 11.6 Å². The zero-order valence-electron chi connectivity index (χ0n) is 15.9. The molecule has 3 N–H and O–H groups in total. The number of thiazole rings is 1. The Labute approximate surface area is 185 Å². The molecule has 0 fully saturated rings. The van der Waals surface area contributed by atoms with Gasteiger partial charge >= 0.3 is 0 Å². The van der Waals surface area contributed by atoms with Gasteiger partial charge in [0.05, 0.1) is 24.2 Å². The van der Waals surface area contributed by atoms with E-state index in [0.717, 1.165) is 5.56 Å². The Hall–Kier alpha value is -2.69. The molecule has 0 bridgehead atoms. The van der Waals surface area contributed by atoms with Crippen molar-refractivity contribution < 1.29 is 9.59 Å². The Morgan fingerprint density at radius 3 is 2.73 bits per heavy atom. The maximum atomic E-state index is 12.3. The molecule has 11 heteroatoms. The van der Waals surface area contributed by atoms with E-state index in [-0.39, 0.29) is 30.2 Å². The summed E-state index contributed by atoms with van der Waals surface area (Å²) >= 11 is 8.56. The molecule has 1 aromatic carbocycles. The van der Waals surface area contributed by atoms with Gasteiger partial charge < -0.3 is 15.6 Å². The van der Waals surface area contributed by atoms with E-state index in [2.05, 4.69) is 25.6 Å². The third-order valence-electron chi connectivity index (χ3n) is 3.80. The fraction of sp³-hybridized carbons (Fsp3) is 0.211. The minimum absolute atomic E-state index is 0.0704. The number of amides is 2. The Bertz CT molecular complexity index is 1120. The first kappa shape index (κ1) is 22.0. The molecule has 3 rings (SSSR count). The van der Waals surface area contributed by atoms with Crippen molar-refractivity contribution in [2.75, 3.05) is 12.4 Å². The van der Waals surface area contributed by atoms with Crippen molar-refractivity contribution in [3.8, 4) is 0 Å². The lowest BCUT2D eigenvalue weighted by Crippen LogP contribution is -2.20. The SMILES string of the molecule is CNC(=O)Cc1csc(NC(=O)Cc2cc(=O)[nH]c(SCc3cccc(Cl)c3)n2)n1. The number of nitrogens with zero attached hydrogens (tertiary/aromatic N) is 2. The summed E-state index contributed by atoms with van der Waals surface area (Å²) in [4.78, 5) is 46.9. The normalized spacial score (nSPS) is 10.6. The fourth-order valence-corrected chi connectivity index (χ4v) is 4.22. The van der Waals surface area contributed by atoms with Gasteiger partial charge in [-0.25, -0.2) is 9.97 Å². The predicted molar refractivity (Wildman–Crippen MR) is 118 cm³/mol. The van der Waals surface area contributed by atoms with Crippen molar-refractivity contribution in [2.45, 2.75) is 23.8 Å². The number of aromatic amines is 1. The van der Waals surface area contributed by atoms with Gasteiger partial charge in [-0.2, -0.15) is 0 Å². The van der Waals surface area contributed by atoms with Gasteiger partial charge in [-0.15, -0.1) is 11.3 Å². The number of aromatic nitrogens is 3. The van der Waals surface area contributed by atoms with Gasteiger partial charge in [0.1, 0.15) is 0 Å². The lowest BCUT2D eigenvalue weighted by Gasteiger charge is -2.05. The second-order valence-electron chi connectivity index (χ2n) is 6.18. The van der Waals surface area contributed by atoms with E-state index in [1.165, 1.54) is 29.2 Å². The lowest BCUT2D eigenvalue weighted by atomic mass is 10.2. The number of likely N-dealkylation sites (N-methyl/N-ethyl adjacent to an activating group) is 1. The highest BCUT2D eigenvalue weighted by atomic mass is 35.5. The Morgan fingerprint density at radius 1 is 1.17 bits per heavy atom. The zero-order chi connectivity index (χ0) is 21.5. The van der Waals surface area contributed by atoms with E-state index in [0.29, 0.717) is 32.5 Å². The van der Waals surface area contributed by atoms with Gasteiger partial charge in [0.15, 0.2) is 10.3 Å². The average molecular weight is 464 g/mol. The van der Waals surface area contributed by atoms with Crippen LogP contribution in [0.1, 0.15) is 17.0 Å². The molecule has 2 heterocycles. The highest BCUT2D eigenvalue weighted by Gasteiger charge is 2.12. The smallest absolute Gasteiger partial charge is 0.251 e. The van der Waals surface area contributed by atoms with Crippen LogP contribution in [0.25, 0.3) is 0 Å². The van der Waals surface area contributed by atoms with Crippen LogP contribution in [0, 0.1) is 0 Å². The first-order chi connectivity index (χ1) is 14.4. The molecular weight excluding hydrogens is 446 g/mol. The van der Waals surface area contributed by atoms with E-state index in [1.807, 2.05) is 18.2 Å². The van der Waals surface area contributed by atoms with Crippen LogP contribution in [0.4, 0.5) is 5.13 Å². The number of carbonyl (C=O) groups excluding carboxylic acids is 2. The quantitative estimate of drug-likeness (QED) is 0.349. The van der Waals surface area contributed by atoms with Crippen molar-refractivity contribution in [1.82, 2.24) is 20.3 Å². The topological polar surface area (TPSA) is 117 Å². The van der Waals surface area contributed by atoms with E-state index < -0.39 is 0 Å². The molecule has 0 atom stereocenters. The maximum absolute atomic E-state index is 12.3. The molecule has 0 spiro atoms. The number of hydrogen-bond donors (Lipinski definition) is 3. The van der Waals surface area contributed by atoms with Crippen LogP contribution in [0.2, 0.25) is 5.02 Å². The third-order valence-corrected chi connectivity index (χ3v) is 5.78. The highest BCUT2D eigenvalue weighted by molar-refractivity contribution is 7.98. The van der Waals surface area contributed by atoms with Gasteiger partial charge in [-0.1, -0.05) is 35.5 Å². The maximum Gasteiger partial charge on any atom is 0.251 e. The van der Waals surface area contributed by atoms with Crippen molar-refractivity contribution in [1.29, 1.82) is 0 Å². The number of thioether (sulfide) groups is 1. The van der Waals surface area contributed by atoms with Crippen LogP contribution in [-0.4, -0.2) is 33.8 Å². The molecule has 0 unspecified atom stereocenters. The number of rotatable bonds is 8. The summed E-state index contributed by atoms with van der Waals surface area (Å²) in [6.45, 7) is 0. The van der Waals surface area contributed by atoms with Crippen molar-refractivity contribution >= 4 is 51.6 Å². The van der Waals surface area contributed by atoms with Crippen molar-refractivity contribution in [3.63, 3.8) is 0 Å². The summed E-state index contributed by atoms with van der Waals surface area (Å²) in [6.07, 6.45) is 0.0741. The Kier molecular flexibility index (Phi) is 7.61. The first-order valence-corrected chi connectivity index (χ1v) is 11.1. The third kappa shape index (κ3) is 6.68. The minimum Gasteiger partial charge on any atom is -0.359 e. The molecule has 3 aromatic rings. The monoisotopic (exact) mass is 463 g/mol. The summed E-state index contributed by atoms with van der Waals surface area (Å²) in [7, 11) is 1.55. The number of hydrogen-bond acceptors (Lipinski definition) is 7. The largest absolute Gasteiger partial charge is 0.359 e. The summed E-state index contributed by atoms with van der Waals surface area (Å²) in [5.41, 5.74) is 1.59. The summed E-state index contributed by atoms with van der Waals surface area (Å²) in [5.74, 6) is 0.0697. The summed E-state index contributed by atoms with van der Waals surface area (Å²) < 4.78 is 0. The van der Waals surface area contributed by atoms with Crippen LogP contribution in [0.5, 0.6) is 0 Å². The molecule has 0 saturated carbocycles. The van der Waals surface area contributed by atoms with Crippen LogP contribution >= 0.6 is 34.7 Å². The number of nitrogens with one attached hydrogen (secondary N) is 3. The predicted octanol–water partition coefficient (Wildman–Crippen LogP) is 2.64. The molecule has 0 aliphatic carbocycles. The standard InChI is InChI=1S/C19H18ClN5O3S2/c1-21-15(26)8-14-10-30-19(23-14)25-17(28)7-13-6-16(27)24-18(22-13)29-9-11-3-2-4-12(20)5-11/h2-6,10H,7-9H2,1H3,(H,21,26)(H,22,24,27)(H,23,25,28). The first-order valence-electron chi connectivity index (χ1n) is 8.83. The molecule has 30 heavy (non-hydrogen) atoms. The molecule has 2 amide bonds. The van der Waals surface area contributed by atoms with Crippen molar-refractivity contribution in [3.05, 3.63) is 68.0 Å².